The molecule has 3 aromatic rings. The standard InChI is InChI=1S/C21H23N5O/c1-13-8-14(2)10-19(9-13)25-21-22-15(3)11-20(26-21)24-18-7-5-6-17(12-18)23-16(4)27/h5-12H,1-4H3,(H,23,27)(H2,22,24,25,26). The van der Waals surface area contributed by atoms with E-state index in [1.165, 1.54) is 18.1 Å². The summed E-state index contributed by atoms with van der Waals surface area (Å²) in [5, 5.41) is 9.31. The van der Waals surface area contributed by atoms with Crippen LogP contribution >= 0.6 is 0 Å². The Morgan fingerprint density at radius 2 is 1.52 bits per heavy atom. The molecule has 2 aromatic carbocycles. The number of hydrogen-bond acceptors (Lipinski definition) is 5. The number of hydrogen-bond donors (Lipinski definition) is 3. The number of benzene rings is 2. The maximum absolute atomic E-state index is 11.2. The smallest absolute Gasteiger partial charge is 0.229 e. The van der Waals surface area contributed by atoms with Gasteiger partial charge in [0.25, 0.3) is 0 Å². The van der Waals surface area contributed by atoms with Crippen LogP contribution in [0.1, 0.15) is 23.7 Å². The molecule has 138 valence electrons. The van der Waals surface area contributed by atoms with E-state index in [1.807, 2.05) is 37.3 Å². The van der Waals surface area contributed by atoms with E-state index in [2.05, 4.69) is 58.0 Å². The van der Waals surface area contributed by atoms with E-state index in [0.717, 1.165) is 22.8 Å². The van der Waals surface area contributed by atoms with Gasteiger partial charge in [-0.25, -0.2) is 4.98 Å². The van der Waals surface area contributed by atoms with Crippen molar-refractivity contribution >= 4 is 34.7 Å². The molecule has 1 heterocycles. The molecule has 0 saturated carbocycles. The Balaban J connectivity index is 1.82. The number of carbonyl (C=O) groups excluding carboxylic acids is 1. The molecule has 3 rings (SSSR count). The van der Waals surface area contributed by atoms with Crippen LogP contribution in [-0.2, 0) is 4.79 Å². The predicted molar refractivity (Wildman–Crippen MR) is 110 cm³/mol. The minimum absolute atomic E-state index is 0.107. The quantitative estimate of drug-likeness (QED) is 0.605. The highest BCUT2D eigenvalue weighted by Crippen LogP contribution is 2.22. The average Bonchev–Trinajstić information content (AvgIpc) is 2.52. The Morgan fingerprint density at radius 3 is 2.22 bits per heavy atom. The maximum atomic E-state index is 11.2. The zero-order valence-electron chi connectivity index (χ0n) is 15.9. The molecule has 0 aliphatic heterocycles. The fraction of sp³-hybridized carbons (Fsp3) is 0.190. The lowest BCUT2D eigenvalue weighted by Crippen LogP contribution is -2.06. The van der Waals surface area contributed by atoms with Gasteiger partial charge in [0.2, 0.25) is 11.9 Å². The second-order valence-electron chi connectivity index (χ2n) is 6.61. The first-order valence-electron chi connectivity index (χ1n) is 8.73. The van der Waals surface area contributed by atoms with Crippen molar-refractivity contribution in [2.45, 2.75) is 27.7 Å². The van der Waals surface area contributed by atoms with Gasteiger partial charge in [-0.2, -0.15) is 4.98 Å². The first-order chi connectivity index (χ1) is 12.9. The third-order valence-electron chi connectivity index (χ3n) is 3.79. The number of amides is 1. The molecule has 0 spiro atoms. The van der Waals surface area contributed by atoms with Crippen molar-refractivity contribution in [2.24, 2.45) is 0 Å². The fourth-order valence-corrected chi connectivity index (χ4v) is 2.89. The zero-order valence-corrected chi connectivity index (χ0v) is 15.9. The molecule has 6 nitrogen and oxygen atoms in total. The highest BCUT2D eigenvalue weighted by atomic mass is 16.1. The largest absolute Gasteiger partial charge is 0.340 e. The molecule has 6 heteroatoms. The van der Waals surface area contributed by atoms with Crippen LogP contribution in [0.5, 0.6) is 0 Å². The molecule has 0 bridgehead atoms. The molecular formula is C21H23N5O. The number of aromatic nitrogens is 2. The van der Waals surface area contributed by atoms with E-state index in [-0.39, 0.29) is 5.91 Å². The number of anilines is 5. The van der Waals surface area contributed by atoms with Gasteiger partial charge in [0.1, 0.15) is 5.82 Å². The second kappa shape index (κ2) is 7.86. The summed E-state index contributed by atoms with van der Waals surface area (Å²) in [5.41, 5.74) is 5.72. The summed E-state index contributed by atoms with van der Waals surface area (Å²) in [7, 11) is 0. The van der Waals surface area contributed by atoms with Gasteiger partial charge in [0, 0.05) is 35.7 Å². The van der Waals surface area contributed by atoms with Crippen molar-refractivity contribution in [3.05, 3.63) is 65.4 Å². The van der Waals surface area contributed by atoms with E-state index < -0.39 is 0 Å². The molecule has 0 aliphatic rings. The lowest BCUT2D eigenvalue weighted by Gasteiger charge is -2.12. The van der Waals surface area contributed by atoms with Crippen LogP contribution in [0, 0.1) is 20.8 Å². The minimum atomic E-state index is -0.107. The summed E-state index contributed by atoms with van der Waals surface area (Å²) in [6.45, 7) is 7.53. The Labute approximate surface area is 159 Å². The molecule has 27 heavy (non-hydrogen) atoms. The molecule has 0 fully saturated rings. The number of carbonyl (C=O) groups is 1. The van der Waals surface area contributed by atoms with E-state index in [1.54, 1.807) is 0 Å². The first kappa shape index (κ1) is 18.4. The molecule has 1 amide bonds. The third-order valence-corrected chi connectivity index (χ3v) is 3.79. The van der Waals surface area contributed by atoms with Gasteiger partial charge in [-0.3, -0.25) is 4.79 Å². The maximum Gasteiger partial charge on any atom is 0.229 e. The van der Waals surface area contributed by atoms with Gasteiger partial charge in [-0.1, -0.05) is 12.1 Å². The van der Waals surface area contributed by atoms with Crippen LogP contribution in [0.15, 0.2) is 48.5 Å². The van der Waals surface area contributed by atoms with Crippen LogP contribution in [0.2, 0.25) is 0 Å². The average molecular weight is 361 g/mol. The molecule has 0 radical (unpaired) electrons. The van der Waals surface area contributed by atoms with E-state index in [9.17, 15) is 4.79 Å². The minimum Gasteiger partial charge on any atom is -0.340 e. The fourth-order valence-electron chi connectivity index (χ4n) is 2.89. The molecule has 0 atom stereocenters. The third kappa shape index (κ3) is 5.28. The number of nitrogens with zero attached hydrogens (tertiary/aromatic N) is 2. The Hall–Kier alpha value is -3.41. The second-order valence-corrected chi connectivity index (χ2v) is 6.61. The molecule has 0 aliphatic carbocycles. The number of nitrogens with one attached hydrogen (secondary N) is 3. The predicted octanol–water partition coefficient (Wildman–Crippen LogP) is 4.85. The van der Waals surface area contributed by atoms with Crippen molar-refractivity contribution < 1.29 is 4.79 Å². The van der Waals surface area contributed by atoms with Gasteiger partial charge >= 0.3 is 0 Å². The summed E-state index contributed by atoms with van der Waals surface area (Å²) in [6, 6.07) is 15.6. The van der Waals surface area contributed by atoms with Crippen molar-refractivity contribution in [1.82, 2.24) is 9.97 Å². The molecular weight excluding hydrogens is 338 g/mol. The summed E-state index contributed by atoms with van der Waals surface area (Å²) in [6.07, 6.45) is 0. The highest BCUT2D eigenvalue weighted by molar-refractivity contribution is 5.89. The lowest BCUT2D eigenvalue weighted by atomic mass is 10.1. The summed E-state index contributed by atoms with van der Waals surface area (Å²) in [5.74, 6) is 1.10. The normalized spacial score (nSPS) is 10.4. The summed E-state index contributed by atoms with van der Waals surface area (Å²) < 4.78 is 0. The van der Waals surface area contributed by atoms with Gasteiger partial charge in [-0.15, -0.1) is 0 Å². The van der Waals surface area contributed by atoms with Gasteiger partial charge < -0.3 is 16.0 Å². The molecule has 3 N–H and O–H groups in total. The Morgan fingerprint density at radius 1 is 0.815 bits per heavy atom. The van der Waals surface area contributed by atoms with Crippen molar-refractivity contribution in [3.63, 3.8) is 0 Å². The summed E-state index contributed by atoms with van der Waals surface area (Å²) >= 11 is 0. The summed E-state index contributed by atoms with van der Waals surface area (Å²) in [4.78, 5) is 20.3. The van der Waals surface area contributed by atoms with Crippen LogP contribution in [0.3, 0.4) is 0 Å². The van der Waals surface area contributed by atoms with Crippen molar-refractivity contribution in [1.29, 1.82) is 0 Å². The van der Waals surface area contributed by atoms with Crippen LogP contribution in [0.4, 0.5) is 28.8 Å². The SMILES string of the molecule is CC(=O)Nc1cccc(Nc2cc(C)nc(Nc3cc(C)cc(C)c3)n2)c1. The van der Waals surface area contributed by atoms with E-state index in [4.69, 9.17) is 0 Å². The molecule has 0 unspecified atom stereocenters. The monoisotopic (exact) mass is 361 g/mol. The van der Waals surface area contributed by atoms with Gasteiger partial charge in [0.15, 0.2) is 0 Å². The Kier molecular flexibility index (Phi) is 5.35. The van der Waals surface area contributed by atoms with Crippen LogP contribution in [0.25, 0.3) is 0 Å². The highest BCUT2D eigenvalue weighted by Gasteiger charge is 2.05. The van der Waals surface area contributed by atoms with Crippen molar-refractivity contribution in [2.75, 3.05) is 16.0 Å². The van der Waals surface area contributed by atoms with Crippen LogP contribution < -0.4 is 16.0 Å². The van der Waals surface area contributed by atoms with E-state index in [0.29, 0.717) is 11.8 Å². The van der Waals surface area contributed by atoms with Crippen LogP contribution in [-0.4, -0.2) is 15.9 Å². The molecule has 1 aromatic heterocycles. The lowest BCUT2D eigenvalue weighted by molar-refractivity contribution is -0.114. The van der Waals surface area contributed by atoms with E-state index >= 15 is 0 Å². The van der Waals surface area contributed by atoms with Crippen molar-refractivity contribution in [3.8, 4) is 0 Å². The zero-order chi connectivity index (χ0) is 19.4. The Bertz CT molecular complexity index is 964. The van der Waals surface area contributed by atoms with Gasteiger partial charge in [-0.05, 0) is 62.2 Å². The molecule has 0 saturated heterocycles. The van der Waals surface area contributed by atoms with Gasteiger partial charge in [0.05, 0.1) is 0 Å². The topological polar surface area (TPSA) is 78.9 Å². The number of aryl methyl sites for hydroxylation is 3. The first-order valence-corrected chi connectivity index (χ1v) is 8.73. The number of rotatable bonds is 5.